The number of hydrogen-bond acceptors (Lipinski definition) is 4. The highest BCUT2D eigenvalue weighted by Gasteiger charge is 2.39. The lowest BCUT2D eigenvalue weighted by molar-refractivity contribution is -0.141. The lowest BCUT2D eigenvalue weighted by Crippen LogP contribution is -2.46. The Labute approximate surface area is 127 Å². The molecule has 1 aliphatic rings. The van der Waals surface area contributed by atoms with Gasteiger partial charge in [-0.3, -0.25) is 4.90 Å². The van der Waals surface area contributed by atoms with Crippen LogP contribution in [0.1, 0.15) is 12.5 Å². The average Bonchev–Trinajstić information content (AvgIpc) is 2.83. The van der Waals surface area contributed by atoms with Crippen LogP contribution in [-0.4, -0.2) is 46.3 Å². The van der Waals surface area contributed by atoms with Crippen LogP contribution in [0, 0.1) is 6.92 Å². The lowest BCUT2D eigenvalue weighted by Gasteiger charge is -2.25. The summed E-state index contributed by atoms with van der Waals surface area (Å²) < 4.78 is 5.12. The number of methoxy groups -OCH3 is 1. The first kappa shape index (κ1) is 15.5. The second-order valence-corrected chi connectivity index (χ2v) is 6.15. The average molecular weight is 310 g/mol. The van der Waals surface area contributed by atoms with Crippen molar-refractivity contribution < 1.29 is 19.4 Å². The molecule has 1 fully saturated rings. The molecule has 6 nitrogen and oxygen atoms in total. The van der Waals surface area contributed by atoms with Crippen LogP contribution in [0.15, 0.2) is 18.2 Å². The number of thioether (sulfide) groups is 1. The molecule has 7 heteroatoms. The fourth-order valence-corrected chi connectivity index (χ4v) is 3.39. The van der Waals surface area contributed by atoms with E-state index in [2.05, 4.69) is 5.32 Å². The molecule has 1 heterocycles. The first-order valence-corrected chi connectivity index (χ1v) is 7.57. The van der Waals surface area contributed by atoms with Crippen LogP contribution in [0.3, 0.4) is 0 Å². The Morgan fingerprint density at radius 1 is 1.48 bits per heavy atom. The SMILES string of the molecule is COc1ccc(NC(=O)N2C(C)SCC2C(=O)O)c(C)c1. The number of aryl methyl sites for hydroxylation is 1. The summed E-state index contributed by atoms with van der Waals surface area (Å²) in [6, 6.07) is 4.12. The van der Waals surface area contributed by atoms with Gasteiger partial charge in [-0.05, 0) is 37.6 Å². The summed E-state index contributed by atoms with van der Waals surface area (Å²) in [5, 5.41) is 11.8. The molecule has 0 aliphatic carbocycles. The molecule has 1 aromatic carbocycles. The molecule has 0 bridgehead atoms. The zero-order chi connectivity index (χ0) is 15.6. The maximum Gasteiger partial charge on any atom is 0.327 e. The summed E-state index contributed by atoms with van der Waals surface area (Å²) in [4.78, 5) is 24.9. The fraction of sp³-hybridized carbons (Fsp3) is 0.429. The van der Waals surface area contributed by atoms with E-state index in [9.17, 15) is 14.7 Å². The van der Waals surface area contributed by atoms with Crippen molar-refractivity contribution in [2.45, 2.75) is 25.3 Å². The molecule has 2 amide bonds. The van der Waals surface area contributed by atoms with Crippen molar-refractivity contribution in [2.75, 3.05) is 18.2 Å². The van der Waals surface area contributed by atoms with E-state index in [0.717, 1.165) is 5.56 Å². The third-order valence-corrected chi connectivity index (χ3v) is 4.64. The number of carboxylic acid groups (broad SMARTS) is 1. The summed E-state index contributed by atoms with van der Waals surface area (Å²) in [6.45, 7) is 3.68. The number of nitrogens with zero attached hydrogens (tertiary/aromatic N) is 1. The second-order valence-electron chi connectivity index (χ2n) is 4.80. The van der Waals surface area contributed by atoms with Crippen molar-refractivity contribution in [3.05, 3.63) is 23.8 Å². The normalized spacial score (nSPS) is 21.2. The van der Waals surface area contributed by atoms with Crippen LogP contribution in [-0.2, 0) is 4.79 Å². The smallest absolute Gasteiger partial charge is 0.327 e. The first-order chi connectivity index (χ1) is 9.93. The summed E-state index contributed by atoms with van der Waals surface area (Å²) >= 11 is 1.46. The second kappa shape index (κ2) is 6.26. The maximum atomic E-state index is 12.4. The molecule has 1 aromatic rings. The molecule has 1 aliphatic heterocycles. The standard InChI is InChI=1S/C14H18N2O4S/c1-8-6-10(20-3)4-5-11(8)15-14(19)16-9(2)21-7-12(16)13(17)18/h4-6,9,12H,7H2,1-3H3,(H,15,19)(H,17,18). The Kier molecular flexibility index (Phi) is 4.62. The van der Waals surface area contributed by atoms with Crippen LogP contribution in [0.5, 0.6) is 5.75 Å². The molecule has 2 unspecified atom stereocenters. The van der Waals surface area contributed by atoms with Crippen molar-refractivity contribution in [1.82, 2.24) is 4.90 Å². The largest absolute Gasteiger partial charge is 0.497 e. The van der Waals surface area contributed by atoms with Gasteiger partial charge in [0.15, 0.2) is 0 Å². The molecule has 2 N–H and O–H groups in total. The quantitative estimate of drug-likeness (QED) is 0.896. The summed E-state index contributed by atoms with van der Waals surface area (Å²) in [5.41, 5.74) is 1.50. The van der Waals surface area contributed by atoms with Crippen molar-refractivity contribution >= 4 is 29.4 Å². The number of amides is 2. The molecular formula is C14H18N2O4S. The monoisotopic (exact) mass is 310 g/mol. The number of carbonyl (C=O) groups is 2. The van der Waals surface area contributed by atoms with Crippen molar-refractivity contribution in [3.63, 3.8) is 0 Å². The molecule has 1 saturated heterocycles. The Bertz CT molecular complexity index is 564. The highest BCUT2D eigenvalue weighted by molar-refractivity contribution is 8.00. The predicted molar refractivity (Wildman–Crippen MR) is 81.9 cm³/mol. The van der Waals surface area contributed by atoms with Crippen molar-refractivity contribution in [3.8, 4) is 5.75 Å². The lowest BCUT2D eigenvalue weighted by atomic mass is 10.2. The molecule has 0 spiro atoms. The van der Waals surface area contributed by atoms with Gasteiger partial charge in [-0.15, -0.1) is 11.8 Å². The van der Waals surface area contributed by atoms with E-state index in [1.807, 2.05) is 19.9 Å². The minimum absolute atomic E-state index is 0.162. The number of aliphatic carboxylic acids is 1. The van der Waals surface area contributed by atoms with E-state index in [1.54, 1.807) is 19.2 Å². The number of hydrogen-bond donors (Lipinski definition) is 2. The van der Waals surface area contributed by atoms with Gasteiger partial charge >= 0.3 is 12.0 Å². The third kappa shape index (κ3) is 3.24. The van der Waals surface area contributed by atoms with Gasteiger partial charge in [-0.25, -0.2) is 9.59 Å². The molecule has 0 saturated carbocycles. The van der Waals surface area contributed by atoms with Crippen molar-refractivity contribution in [1.29, 1.82) is 0 Å². The van der Waals surface area contributed by atoms with Crippen LogP contribution in [0.25, 0.3) is 0 Å². The highest BCUT2D eigenvalue weighted by atomic mass is 32.2. The number of nitrogens with one attached hydrogen (secondary N) is 1. The van der Waals surface area contributed by atoms with Gasteiger partial charge in [-0.2, -0.15) is 0 Å². The van der Waals surface area contributed by atoms with Gasteiger partial charge in [0, 0.05) is 11.4 Å². The zero-order valence-electron chi connectivity index (χ0n) is 12.1. The van der Waals surface area contributed by atoms with Crippen molar-refractivity contribution in [2.24, 2.45) is 0 Å². The Balaban J connectivity index is 2.15. The summed E-state index contributed by atoms with van der Waals surface area (Å²) in [6.07, 6.45) is 0. The van der Waals surface area contributed by atoms with E-state index in [1.165, 1.54) is 16.7 Å². The number of carbonyl (C=O) groups excluding carboxylic acids is 1. The van der Waals surface area contributed by atoms with Gasteiger partial charge in [0.1, 0.15) is 11.8 Å². The molecule has 0 radical (unpaired) electrons. The topological polar surface area (TPSA) is 78.9 Å². The van der Waals surface area contributed by atoms with Crippen LogP contribution in [0.4, 0.5) is 10.5 Å². The van der Waals surface area contributed by atoms with E-state index >= 15 is 0 Å². The molecular weight excluding hydrogens is 292 g/mol. The highest BCUT2D eigenvalue weighted by Crippen LogP contribution is 2.30. The Morgan fingerprint density at radius 2 is 2.19 bits per heavy atom. The predicted octanol–water partition coefficient (Wildman–Crippen LogP) is 2.38. The fourth-order valence-electron chi connectivity index (χ4n) is 2.22. The number of carboxylic acids is 1. The van der Waals surface area contributed by atoms with E-state index in [4.69, 9.17) is 4.74 Å². The van der Waals surface area contributed by atoms with E-state index in [-0.39, 0.29) is 5.37 Å². The zero-order valence-corrected chi connectivity index (χ0v) is 12.9. The number of ether oxygens (including phenoxy) is 1. The third-order valence-electron chi connectivity index (χ3n) is 3.42. The number of anilines is 1. The van der Waals surface area contributed by atoms with Crippen LogP contribution < -0.4 is 10.1 Å². The Morgan fingerprint density at radius 3 is 2.76 bits per heavy atom. The van der Waals surface area contributed by atoms with E-state index in [0.29, 0.717) is 17.2 Å². The molecule has 2 rings (SSSR count). The number of benzene rings is 1. The summed E-state index contributed by atoms with van der Waals surface area (Å²) in [5.74, 6) is 0.137. The molecule has 21 heavy (non-hydrogen) atoms. The van der Waals surface area contributed by atoms with Gasteiger partial charge in [-0.1, -0.05) is 0 Å². The molecule has 0 aromatic heterocycles. The number of urea groups is 1. The molecule has 2 atom stereocenters. The maximum absolute atomic E-state index is 12.4. The first-order valence-electron chi connectivity index (χ1n) is 6.52. The Hall–Kier alpha value is -1.89. The summed E-state index contributed by atoms with van der Waals surface area (Å²) in [7, 11) is 1.58. The van der Waals surface area contributed by atoms with Gasteiger partial charge in [0.2, 0.25) is 0 Å². The molecule has 114 valence electrons. The van der Waals surface area contributed by atoms with Gasteiger partial charge < -0.3 is 15.2 Å². The number of rotatable bonds is 3. The van der Waals surface area contributed by atoms with E-state index < -0.39 is 18.0 Å². The van der Waals surface area contributed by atoms with Crippen LogP contribution >= 0.6 is 11.8 Å². The minimum atomic E-state index is -0.978. The van der Waals surface area contributed by atoms with Crippen LogP contribution in [0.2, 0.25) is 0 Å². The van der Waals surface area contributed by atoms with Gasteiger partial charge in [0.25, 0.3) is 0 Å². The minimum Gasteiger partial charge on any atom is -0.497 e. The van der Waals surface area contributed by atoms with Gasteiger partial charge in [0.05, 0.1) is 12.5 Å².